The normalized spacial score (nSPS) is 14.8. The molecule has 0 fully saturated rings. The summed E-state index contributed by atoms with van der Waals surface area (Å²) in [6, 6.07) is 8.55. The summed E-state index contributed by atoms with van der Waals surface area (Å²) in [6.45, 7) is 0. The number of fused-ring (bicyclic) bond motifs is 1. The fourth-order valence-electron chi connectivity index (χ4n) is 4.44. The fraction of sp³-hybridized carbons (Fsp3) is 0. The Morgan fingerprint density at radius 1 is 0.731 bits per heavy atom. The van der Waals surface area contributed by atoms with Gasteiger partial charge in [-0.2, -0.15) is 21.9 Å². The van der Waals surface area contributed by atoms with Gasteiger partial charge < -0.3 is 5.11 Å². The number of non-ortho nitro benzene ring substituents is 1. The molecule has 24 heteroatoms. The summed E-state index contributed by atoms with van der Waals surface area (Å²) >= 11 is 0. The van der Waals surface area contributed by atoms with Crippen LogP contribution in [-0.4, -0.2) is 52.4 Å². The number of anilines is 3. The highest BCUT2D eigenvalue weighted by Crippen LogP contribution is 2.36. The Bertz CT molecular complexity index is 2780. The predicted octanol–water partition coefficient (Wildman–Crippen LogP) is 0.466. The summed E-state index contributed by atoms with van der Waals surface area (Å²) in [5.74, 6) is -1.80. The Morgan fingerprint density at radius 2 is 1.35 bits per heavy atom. The molecule has 4 aromatic rings. The largest absolute Gasteiger partial charge is 0.507 e. The summed E-state index contributed by atoms with van der Waals surface area (Å²) in [6.07, 6.45) is 2.46. The molecule has 0 spiro atoms. The lowest BCUT2D eigenvalue weighted by atomic mass is 10.1. The first kappa shape index (κ1) is 36.3. The van der Waals surface area contributed by atoms with Crippen LogP contribution in [0.15, 0.2) is 113 Å². The molecule has 0 aliphatic heterocycles. The van der Waals surface area contributed by atoms with Gasteiger partial charge in [-0.3, -0.25) is 60.0 Å². The van der Waals surface area contributed by atoms with Crippen LogP contribution in [0, 0.1) is 20.2 Å². The third kappa shape index (κ3) is 7.73. The molecule has 5 rings (SSSR count). The summed E-state index contributed by atoms with van der Waals surface area (Å²) in [5.41, 5.74) is 2.70. The van der Waals surface area contributed by atoms with Crippen molar-refractivity contribution in [1.29, 1.82) is 0 Å². The smallest absolute Gasteiger partial charge is 0.294 e. The van der Waals surface area contributed by atoms with E-state index in [0.29, 0.717) is 12.1 Å². The SMILES string of the molecule is O=C1C=C([N+](=O)[O-])C=CC1=NN=c1c(=O)c(NNc2cc(S(=O)(=O)O)cc3cc(S(=O)(=O)O)cc(O)c23)cc(=NNc2ccc([N+](=O)[O-])cc2)c1=O. The number of rotatable bonds is 10. The number of hydrogen-bond donors (Lipinski definition) is 6. The van der Waals surface area contributed by atoms with Gasteiger partial charge in [0.15, 0.2) is 5.36 Å². The zero-order chi connectivity index (χ0) is 38.1. The molecule has 1 aliphatic rings. The average molecular weight is 755 g/mol. The molecule has 0 radical (unpaired) electrons. The Hall–Kier alpha value is -7.02. The van der Waals surface area contributed by atoms with Crippen molar-refractivity contribution in [2.45, 2.75) is 9.79 Å². The van der Waals surface area contributed by atoms with Crippen molar-refractivity contribution in [3.05, 3.63) is 130 Å². The van der Waals surface area contributed by atoms with E-state index in [2.05, 4.69) is 31.6 Å². The van der Waals surface area contributed by atoms with Crippen molar-refractivity contribution in [2.75, 3.05) is 16.3 Å². The molecule has 0 unspecified atom stereocenters. The zero-order valence-corrected chi connectivity index (χ0v) is 26.9. The molecule has 266 valence electrons. The molecular weight excluding hydrogens is 736 g/mol. The molecule has 22 nitrogen and oxygen atoms in total. The van der Waals surface area contributed by atoms with E-state index >= 15 is 0 Å². The van der Waals surface area contributed by atoms with Gasteiger partial charge in [-0.15, -0.1) is 10.2 Å². The molecule has 52 heavy (non-hydrogen) atoms. The maximum absolute atomic E-state index is 13.5. The highest BCUT2D eigenvalue weighted by molar-refractivity contribution is 7.86. The zero-order valence-electron chi connectivity index (χ0n) is 25.3. The van der Waals surface area contributed by atoms with Crippen LogP contribution in [0.4, 0.5) is 22.7 Å². The van der Waals surface area contributed by atoms with Crippen LogP contribution < -0.4 is 37.8 Å². The van der Waals surface area contributed by atoms with Crippen molar-refractivity contribution in [3.8, 4) is 5.75 Å². The number of phenols is 1. The number of benzene rings is 4. The van der Waals surface area contributed by atoms with Crippen LogP contribution in [-0.2, 0) is 25.0 Å². The van der Waals surface area contributed by atoms with Crippen LogP contribution in [0.5, 0.6) is 5.75 Å². The van der Waals surface area contributed by atoms with E-state index in [1.807, 2.05) is 0 Å². The molecule has 6 N–H and O–H groups in total. The number of aromatic hydroxyl groups is 1. The molecular formula is C28H18N8O14S2. The van der Waals surface area contributed by atoms with Crippen LogP contribution in [0.3, 0.4) is 0 Å². The number of nitro benzene ring substituents is 1. The summed E-state index contributed by atoms with van der Waals surface area (Å²) in [5, 5.41) is 41.5. The number of carbonyl (C=O) groups excluding carboxylic acids is 1. The van der Waals surface area contributed by atoms with E-state index in [1.54, 1.807) is 0 Å². The molecule has 0 saturated heterocycles. The third-order valence-electron chi connectivity index (χ3n) is 6.89. The second-order valence-electron chi connectivity index (χ2n) is 10.3. The van der Waals surface area contributed by atoms with Crippen molar-refractivity contribution < 1.29 is 45.7 Å². The molecule has 0 heterocycles. The highest BCUT2D eigenvalue weighted by Gasteiger charge is 2.21. The third-order valence-corrected chi connectivity index (χ3v) is 8.55. The topological polar surface area (TPSA) is 340 Å². The first-order chi connectivity index (χ1) is 24.3. The molecule has 4 aromatic carbocycles. The van der Waals surface area contributed by atoms with Crippen molar-refractivity contribution in [2.24, 2.45) is 15.3 Å². The minimum atomic E-state index is -4.99. The van der Waals surface area contributed by atoms with Gasteiger partial charge in [0.05, 0.1) is 37.1 Å². The van der Waals surface area contributed by atoms with Gasteiger partial charge in [-0.05, 0) is 47.9 Å². The lowest BCUT2D eigenvalue weighted by Gasteiger charge is -2.15. The van der Waals surface area contributed by atoms with Gasteiger partial charge in [0, 0.05) is 29.7 Å². The minimum Gasteiger partial charge on any atom is -0.507 e. The van der Waals surface area contributed by atoms with Gasteiger partial charge in [-0.1, -0.05) is 0 Å². The first-order valence-electron chi connectivity index (χ1n) is 13.7. The van der Waals surface area contributed by atoms with Crippen molar-refractivity contribution in [1.82, 2.24) is 0 Å². The number of carbonyl (C=O) groups is 1. The maximum Gasteiger partial charge on any atom is 0.294 e. The highest BCUT2D eigenvalue weighted by atomic mass is 32.2. The standard InChI is InChI=1S/C28H18N8O14S2/c37-23-9-16(36(43)44)5-6-19(23)30-34-26-27(39)21(32-29-14-1-3-15(4-2-14)35(41)42)12-22(28(26)40)33-31-20-10-17(51(45,46)47)7-13-8-18(52(48,49)50)11-24(38)25(13)20/h1-12,29,31,33,38H,(H,45,46,47)(H,48,49,50). The van der Waals surface area contributed by atoms with E-state index in [-0.39, 0.29) is 22.1 Å². The van der Waals surface area contributed by atoms with Crippen LogP contribution in [0.25, 0.3) is 10.8 Å². The van der Waals surface area contributed by atoms with Crippen LogP contribution in [0.2, 0.25) is 0 Å². The lowest BCUT2D eigenvalue weighted by Crippen LogP contribution is -2.49. The lowest BCUT2D eigenvalue weighted by molar-refractivity contribution is -0.419. The maximum atomic E-state index is 13.5. The molecule has 0 amide bonds. The number of phenolic OH excluding ortho intramolecular Hbond substituents is 1. The van der Waals surface area contributed by atoms with E-state index in [1.165, 1.54) is 12.1 Å². The Balaban J connectivity index is 1.65. The molecule has 0 bridgehead atoms. The second kappa shape index (κ2) is 13.7. The van der Waals surface area contributed by atoms with Gasteiger partial charge >= 0.3 is 0 Å². The monoisotopic (exact) mass is 754 g/mol. The van der Waals surface area contributed by atoms with E-state index in [4.69, 9.17) is 0 Å². The Morgan fingerprint density at radius 3 is 1.92 bits per heavy atom. The van der Waals surface area contributed by atoms with Crippen LogP contribution >= 0.6 is 0 Å². The number of hydrogen-bond acceptors (Lipinski definition) is 18. The van der Waals surface area contributed by atoms with E-state index < -0.39 is 95.8 Å². The van der Waals surface area contributed by atoms with Gasteiger partial charge in [-0.25, -0.2) is 0 Å². The minimum absolute atomic E-state index is 0.141. The fourth-order valence-corrected chi connectivity index (χ4v) is 5.52. The number of nitro groups is 2. The summed E-state index contributed by atoms with van der Waals surface area (Å²) in [7, 11) is -9.90. The molecule has 0 saturated carbocycles. The van der Waals surface area contributed by atoms with Gasteiger partial charge in [0.25, 0.3) is 31.6 Å². The second-order valence-corrected chi connectivity index (χ2v) is 13.1. The van der Waals surface area contributed by atoms with Crippen molar-refractivity contribution >= 4 is 65.3 Å². The summed E-state index contributed by atoms with van der Waals surface area (Å²) in [4.78, 5) is 57.9. The Labute approximate surface area is 287 Å². The first-order valence-corrected chi connectivity index (χ1v) is 16.6. The van der Waals surface area contributed by atoms with Gasteiger partial charge in [0.1, 0.15) is 22.5 Å². The quantitative estimate of drug-likeness (QED) is 0.0554. The van der Waals surface area contributed by atoms with Crippen LogP contribution in [0.1, 0.15) is 0 Å². The summed E-state index contributed by atoms with van der Waals surface area (Å²) < 4.78 is 66.6. The van der Waals surface area contributed by atoms with E-state index in [0.717, 1.165) is 48.6 Å². The molecule has 1 aliphatic carbocycles. The average Bonchev–Trinajstić information content (AvgIpc) is 3.06. The Kier molecular flexibility index (Phi) is 9.56. The van der Waals surface area contributed by atoms with E-state index in [9.17, 15) is 65.7 Å². The molecule has 0 aromatic heterocycles. The molecule has 0 atom stereocenters. The predicted molar refractivity (Wildman–Crippen MR) is 178 cm³/mol. The van der Waals surface area contributed by atoms with Gasteiger partial charge in [0.2, 0.25) is 16.6 Å². The number of nitrogens with one attached hydrogen (secondary N) is 3. The number of allylic oxidation sites excluding steroid dienone is 3. The van der Waals surface area contributed by atoms with Crippen molar-refractivity contribution in [3.63, 3.8) is 0 Å². The number of nitrogens with zero attached hydrogens (tertiary/aromatic N) is 5. The number of hydrazine groups is 1. The number of ketones is 1.